The van der Waals surface area contributed by atoms with Gasteiger partial charge < -0.3 is 135 Å². The van der Waals surface area contributed by atoms with Gasteiger partial charge in [0.25, 0.3) is 0 Å². The highest BCUT2D eigenvalue weighted by atomic mass is 16.8. The second-order valence-electron chi connectivity index (χ2n) is 16.4. The summed E-state index contributed by atoms with van der Waals surface area (Å²) in [6, 6.07) is -1.66. The summed E-state index contributed by atoms with van der Waals surface area (Å²) >= 11 is 0. The first-order valence-electron chi connectivity index (χ1n) is 21.3. The summed E-state index contributed by atoms with van der Waals surface area (Å²) in [5, 5.41) is 161. The minimum Gasteiger partial charge on any atom is -0.394 e. The van der Waals surface area contributed by atoms with Gasteiger partial charge in [-0.25, -0.2) is 0 Å². The molecule has 65 heavy (non-hydrogen) atoms. The van der Waals surface area contributed by atoms with Crippen molar-refractivity contribution >= 4 is 5.91 Å². The van der Waals surface area contributed by atoms with Crippen LogP contribution < -0.4 is 11.1 Å². The number of aliphatic hydroxyl groups is 15. The molecule has 28 nitrogen and oxygen atoms in total. The molecule has 0 spiro atoms. The van der Waals surface area contributed by atoms with Crippen LogP contribution in [0.4, 0.5) is 0 Å². The largest absolute Gasteiger partial charge is 0.394 e. The fraction of sp³-hybridized carbons (Fsp3) is 0.973. The molecule has 380 valence electrons. The molecule has 0 aromatic rings. The van der Waals surface area contributed by atoms with Crippen molar-refractivity contribution in [2.75, 3.05) is 46.2 Å². The summed E-state index contributed by atoms with van der Waals surface area (Å²) < 4.78 is 57.8. The summed E-state index contributed by atoms with van der Waals surface area (Å²) in [7, 11) is 0. The summed E-state index contributed by atoms with van der Waals surface area (Å²) in [4.78, 5) is 12.5. The second-order valence-corrected chi connectivity index (χ2v) is 16.4. The Kier molecular flexibility index (Phi) is 20.8. The average molecular weight is 955 g/mol. The lowest BCUT2D eigenvalue weighted by Crippen LogP contribution is -2.69. The lowest BCUT2D eigenvalue weighted by atomic mass is 9.94. The number of unbranched alkanes of at least 4 members (excludes halogenated alkanes) is 2. The Morgan fingerprint density at radius 2 is 0.892 bits per heavy atom. The molecule has 5 aliphatic heterocycles. The van der Waals surface area contributed by atoms with E-state index in [-0.39, 0.29) is 6.61 Å². The maximum absolute atomic E-state index is 12.5. The smallest absolute Gasteiger partial charge is 0.217 e. The van der Waals surface area contributed by atoms with E-state index in [1.165, 1.54) is 0 Å². The molecular weight excluding hydrogens is 888 g/mol. The molecule has 5 fully saturated rings. The Hall–Kier alpha value is -1.57. The molecule has 0 aromatic carbocycles. The van der Waals surface area contributed by atoms with Crippen molar-refractivity contribution in [3.05, 3.63) is 0 Å². The molecule has 18 N–H and O–H groups in total. The molecule has 0 bridgehead atoms. The van der Waals surface area contributed by atoms with Crippen LogP contribution in [0.1, 0.15) is 26.2 Å². The Balaban J connectivity index is 1.41. The van der Waals surface area contributed by atoms with E-state index in [0.717, 1.165) is 6.92 Å². The monoisotopic (exact) mass is 954 g/mol. The number of carbonyl (C=O) groups excluding carboxylic acids is 1. The Bertz CT molecular complexity index is 1430. The Morgan fingerprint density at radius 1 is 0.462 bits per heavy atom. The zero-order valence-corrected chi connectivity index (χ0v) is 35.3. The predicted octanol–water partition coefficient (Wildman–Crippen LogP) is -10.6. The zero-order chi connectivity index (χ0) is 47.9. The molecule has 5 rings (SSSR count). The molecule has 25 atom stereocenters. The van der Waals surface area contributed by atoms with Crippen molar-refractivity contribution in [3.63, 3.8) is 0 Å². The molecule has 0 aliphatic carbocycles. The fourth-order valence-electron chi connectivity index (χ4n) is 8.06. The van der Waals surface area contributed by atoms with E-state index in [0.29, 0.717) is 25.8 Å². The van der Waals surface area contributed by atoms with Crippen LogP contribution in [-0.4, -0.2) is 282 Å². The van der Waals surface area contributed by atoms with E-state index in [1.807, 2.05) is 0 Å². The maximum atomic E-state index is 12.5. The van der Waals surface area contributed by atoms with Crippen LogP contribution in [0.3, 0.4) is 0 Å². The molecule has 5 saturated heterocycles. The number of rotatable bonds is 20. The highest BCUT2D eigenvalue weighted by molar-refractivity contribution is 5.73. The summed E-state index contributed by atoms with van der Waals surface area (Å²) in [6.07, 6.45) is -41.0. The molecule has 0 unspecified atom stereocenters. The zero-order valence-electron chi connectivity index (χ0n) is 35.3. The van der Waals surface area contributed by atoms with Gasteiger partial charge in [-0.1, -0.05) is 0 Å². The van der Waals surface area contributed by atoms with Crippen molar-refractivity contribution in [2.45, 2.75) is 180 Å². The maximum Gasteiger partial charge on any atom is 0.217 e. The number of hydrogen-bond acceptors (Lipinski definition) is 27. The summed E-state index contributed by atoms with van der Waals surface area (Å²) in [5.74, 6) is -0.775. The number of amides is 1. The molecule has 1 amide bonds. The average Bonchev–Trinajstić information content (AvgIpc) is 3.29. The number of carbonyl (C=O) groups is 1. The Morgan fingerprint density at radius 3 is 1.42 bits per heavy atom. The van der Waals surface area contributed by atoms with Gasteiger partial charge in [0.1, 0.15) is 122 Å². The molecule has 28 heteroatoms. The lowest BCUT2D eigenvalue weighted by Gasteiger charge is -2.49. The first-order valence-corrected chi connectivity index (χ1v) is 21.3. The van der Waals surface area contributed by atoms with Crippen LogP contribution in [0.2, 0.25) is 0 Å². The topological polar surface area (TPSA) is 451 Å². The van der Waals surface area contributed by atoms with Crippen molar-refractivity contribution in [1.82, 2.24) is 5.32 Å². The predicted molar refractivity (Wildman–Crippen MR) is 205 cm³/mol. The third-order valence-electron chi connectivity index (χ3n) is 11.8. The highest BCUT2D eigenvalue weighted by Crippen LogP contribution is 2.35. The van der Waals surface area contributed by atoms with Gasteiger partial charge in [0.2, 0.25) is 5.91 Å². The van der Waals surface area contributed by atoms with E-state index in [9.17, 15) is 81.4 Å². The SMILES string of the molecule is CC(=O)N[C@H]1[C@H](O[C@H]2[C@H](O)[C@H](O)[C@@H](OCCCCCN)O[C@@H]2CO[C@H]2O[C@H](CO)[C@@H](O)[C@H](O)[C@@H]2O[C@H]2O[C@H](CO)[C@@H](O)[C@H](O)[C@@H]2O)O[C@H](CO)[C@H](O[C@H]2O[C@H](CO)[C@@H](O)[C@H](O)[C@H]2O)[C@@H]1O. The molecular formula is C37H66N2O26. The third kappa shape index (κ3) is 12.6. The minimum atomic E-state index is -1.99. The highest BCUT2D eigenvalue weighted by Gasteiger charge is 2.56. The summed E-state index contributed by atoms with van der Waals surface area (Å²) in [5.41, 5.74) is 5.57. The van der Waals surface area contributed by atoms with Crippen LogP contribution >= 0.6 is 0 Å². The number of aliphatic hydroxyl groups excluding tert-OH is 15. The molecule has 0 aromatic heterocycles. The van der Waals surface area contributed by atoms with E-state index in [1.54, 1.807) is 0 Å². The first-order chi connectivity index (χ1) is 30.9. The van der Waals surface area contributed by atoms with Crippen LogP contribution in [0, 0.1) is 0 Å². The Labute approximate surface area is 371 Å². The van der Waals surface area contributed by atoms with Gasteiger partial charge in [-0.05, 0) is 25.8 Å². The van der Waals surface area contributed by atoms with Gasteiger partial charge in [0.15, 0.2) is 31.5 Å². The van der Waals surface area contributed by atoms with Gasteiger partial charge in [0.05, 0.1) is 33.0 Å². The van der Waals surface area contributed by atoms with E-state index in [2.05, 4.69) is 5.32 Å². The number of ether oxygens (including phenoxy) is 10. The van der Waals surface area contributed by atoms with Crippen molar-refractivity contribution < 1.29 is 129 Å². The minimum absolute atomic E-state index is 0.00705. The fourth-order valence-corrected chi connectivity index (χ4v) is 8.06. The lowest BCUT2D eigenvalue weighted by molar-refractivity contribution is -0.381. The molecule has 5 heterocycles. The normalized spacial score (nSPS) is 47.4. The first kappa shape index (κ1) is 54.4. The number of nitrogens with one attached hydrogen (secondary N) is 1. The molecule has 0 saturated carbocycles. The number of nitrogens with two attached hydrogens (primary N) is 1. The van der Waals surface area contributed by atoms with Crippen molar-refractivity contribution in [1.29, 1.82) is 0 Å². The van der Waals surface area contributed by atoms with Gasteiger partial charge in [0, 0.05) is 13.5 Å². The van der Waals surface area contributed by atoms with Gasteiger partial charge >= 0.3 is 0 Å². The number of hydrogen-bond donors (Lipinski definition) is 17. The molecule has 5 aliphatic rings. The van der Waals surface area contributed by atoms with E-state index >= 15 is 0 Å². The van der Waals surface area contributed by atoms with E-state index in [4.69, 9.17) is 53.1 Å². The van der Waals surface area contributed by atoms with Gasteiger partial charge in [-0.2, -0.15) is 0 Å². The standard InChI is InChI=1S/C37H66N2O26/c1-12(44)39-18-22(48)30(64-35-27(53)23(49)19(45)13(7-40)58-35)16(10-43)61-33(18)63-31-17(62-34(29(55)26(31)52)56-6-4-2-3-5-38)11-57-37-32(25(51)21(47)15(9-42)60-37)65-36-28(54)24(50)20(46)14(8-41)59-36/h13-37,40-43,45-55H,2-11,38H2,1H3,(H,39,44)/t13-,14-,15-,16-,17-,18-,19-,20-,21-,22-,23+,24+,25+,26-,27-,28+,29+,30+,31-,32+,33+,34+,35-,36-,37+/m1/s1. The molecule has 0 radical (unpaired) electrons. The third-order valence-corrected chi connectivity index (χ3v) is 11.8. The van der Waals surface area contributed by atoms with Gasteiger partial charge in [-0.3, -0.25) is 4.79 Å². The van der Waals surface area contributed by atoms with Crippen molar-refractivity contribution in [3.8, 4) is 0 Å². The van der Waals surface area contributed by atoms with Crippen LogP contribution in [-0.2, 0) is 52.2 Å². The van der Waals surface area contributed by atoms with Crippen LogP contribution in [0.15, 0.2) is 0 Å². The van der Waals surface area contributed by atoms with Crippen molar-refractivity contribution in [2.24, 2.45) is 5.73 Å². The van der Waals surface area contributed by atoms with E-state index < -0.39 is 192 Å². The summed E-state index contributed by atoms with van der Waals surface area (Å²) in [6.45, 7) is -2.79. The van der Waals surface area contributed by atoms with Crippen LogP contribution in [0.25, 0.3) is 0 Å². The van der Waals surface area contributed by atoms with Gasteiger partial charge in [-0.15, -0.1) is 0 Å². The van der Waals surface area contributed by atoms with Crippen LogP contribution in [0.5, 0.6) is 0 Å². The second kappa shape index (κ2) is 24.8. The quantitative estimate of drug-likeness (QED) is 0.0504.